The zero-order valence-corrected chi connectivity index (χ0v) is 10.0. The third-order valence-corrected chi connectivity index (χ3v) is 2.41. The number of hydrogen-bond donors (Lipinski definition) is 1. The Bertz CT molecular complexity index is 463. The number of rotatable bonds is 6. The molecule has 0 radical (unpaired) electrons. The smallest absolute Gasteiger partial charge is 0.174 e. The van der Waals surface area contributed by atoms with Crippen molar-refractivity contribution in [1.82, 2.24) is 20.3 Å². The van der Waals surface area contributed by atoms with E-state index in [1.807, 2.05) is 13.2 Å². The number of nitrogens with zero attached hydrogens (tertiary/aromatic N) is 3. The zero-order valence-electron chi connectivity index (χ0n) is 10.0. The van der Waals surface area contributed by atoms with Gasteiger partial charge in [-0.05, 0) is 0 Å². The van der Waals surface area contributed by atoms with Crippen LogP contribution >= 0.6 is 0 Å². The minimum absolute atomic E-state index is 0.688. The second kappa shape index (κ2) is 5.60. The summed E-state index contributed by atoms with van der Waals surface area (Å²) in [5.41, 5.74) is 1.96. The SMILES string of the molecule is COCCNCc1cnoc1-c1cnn(C)c1. The van der Waals surface area contributed by atoms with Gasteiger partial charge in [0.2, 0.25) is 0 Å². The predicted octanol–water partition coefficient (Wildman–Crippen LogP) is 0.811. The summed E-state index contributed by atoms with van der Waals surface area (Å²) >= 11 is 0. The van der Waals surface area contributed by atoms with E-state index < -0.39 is 0 Å². The summed E-state index contributed by atoms with van der Waals surface area (Å²) in [6.45, 7) is 2.19. The van der Waals surface area contributed by atoms with Crippen molar-refractivity contribution in [2.75, 3.05) is 20.3 Å². The van der Waals surface area contributed by atoms with Gasteiger partial charge in [0.05, 0.1) is 24.6 Å². The lowest BCUT2D eigenvalue weighted by atomic mass is 10.2. The first-order valence-corrected chi connectivity index (χ1v) is 5.43. The molecular formula is C11H16N4O2. The lowest BCUT2D eigenvalue weighted by Crippen LogP contribution is -2.18. The first kappa shape index (κ1) is 11.8. The maximum atomic E-state index is 5.25. The summed E-state index contributed by atoms with van der Waals surface area (Å²) in [6.07, 6.45) is 5.39. The highest BCUT2D eigenvalue weighted by atomic mass is 16.5. The molecule has 0 aliphatic carbocycles. The summed E-state index contributed by atoms with van der Waals surface area (Å²) < 4.78 is 11.9. The van der Waals surface area contributed by atoms with Crippen molar-refractivity contribution >= 4 is 0 Å². The second-order valence-corrected chi connectivity index (χ2v) is 3.75. The molecule has 0 saturated carbocycles. The Kier molecular flexibility index (Phi) is 3.89. The average molecular weight is 236 g/mol. The molecule has 17 heavy (non-hydrogen) atoms. The van der Waals surface area contributed by atoms with Crippen LogP contribution in [0.2, 0.25) is 0 Å². The fraction of sp³-hybridized carbons (Fsp3) is 0.455. The van der Waals surface area contributed by atoms with Crippen LogP contribution in [0.4, 0.5) is 0 Å². The highest BCUT2D eigenvalue weighted by Gasteiger charge is 2.11. The van der Waals surface area contributed by atoms with E-state index in [2.05, 4.69) is 15.6 Å². The fourth-order valence-corrected chi connectivity index (χ4v) is 1.56. The van der Waals surface area contributed by atoms with E-state index in [0.717, 1.165) is 23.4 Å². The van der Waals surface area contributed by atoms with Gasteiger partial charge in [0, 0.05) is 39.0 Å². The van der Waals surface area contributed by atoms with Crippen LogP contribution < -0.4 is 5.32 Å². The molecule has 2 rings (SSSR count). The number of hydrogen-bond acceptors (Lipinski definition) is 5. The van der Waals surface area contributed by atoms with Crippen LogP contribution in [-0.2, 0) is 18.3 Å². The average Bonchev–Trinajstić information content (AvgIpc) is 2.93. The van der Waals surface area contributed by atoms with Gasteiger partial charge in [0.1, 0.15) is 0 Å². The fourth-order valence-electron chi connectivity index (χ4n) is 1.56. The molecule has 2 aromatic heterocycles. The predicted molar refractivity (Wildman–Crippen MR) is 62.3 cm³/mol. The Morgan fingerprint density at radius 3 is 3.06 bits per heavy atom. The molecule has 0 bridgehead atoms. The third-order valence-electron chi connectivity index (χ3n) is 2.41. The van der Waals surface area contributed by atoms with Gasteiger partial charge in [0.15, 0.2) is 5.76 Å². The Morgan fingerprint density at radius 2 is 2.35 bits per heavy atom. The Morgan fingerprint density at radius 1 is 1.47 bits per heavy atom. The van der Waals surface area contributed by atoms with Crippen LogP contribution in [-0.4, -0.2) is 35.2 Å². The zero-order chi connectivity index (χ0) is 12.1. The largest absolute Gasteiger partial charge is 0.383 e. The first-order chi connectivity index (χ1) is 8.31. The first-order valence-electron chi connectivity index (χ1n) is 5.43. The van der Waals surface area contributed by atoms with Crippen LogP contribution in [0.15, 0.2) is 23.1 Å². The van der Waals surface area contributed by atoms with Crippen molar-refractivity contribution < 1.29 is 9.26 Å². The molecular weight excluding hydrogens is 220 g/mol. The summed E-state index contributed by atoms with van der Waals surface area (Å²) in [6, 6.07) is 0. The van der Waals surface area contributed by atoms with Crippen LogP contribution in [0.3, 0.4) is 0 Å². The summed E-state index contributed by atoms with van der Waals surface area (Å²) in [4.78, 5) is 0. The van der Waals surface area contributed by atoms with Crippen LogP contribution in [0.5, 0.6) is 0 Å². The van der Waals surface area contributed by atoms with Gasteiger partial charge in [0.25, 0.3) is 0 Å². The highest BCUT2D eigenvalue weighted by molar-refractivity contribution is 5.58. The second-order valence-electron chi connectivity index (χ2n) is 3.75. The molecule has 6 heteroatoms. The van der Waals surface area contributed by atoms with E-state index in [-0.39, 0.29) is 0 Å². The van der Waals surface area contributed by atoms with Gasteiger partial charge in [-0.15, -0.1) is 0 Å². The lowest BCUT2D eigenvalue weighted by Gasteiger charge is -2.02. The minimum atomic E-state index is 0.688. The van der Waals surface area contributed by atoms with E-state index in [9.17, 15) is 0 Å². The van der Waals surface area contributed by atoms with Crippen molar-refractivity contribution in [3.05, 3.63) is 24.2 Å². The molecule has 0 aromatic carbocycles. The Hall–Kier alpha value is -1.66. The molecule has 0 unspecified atom stereocenters. The van der Waals surface area contributed by atoms with Crippen LogP contribution in [0.1, 0.15) is 5.56 Å². The van der Waals surface area contributed by atoms with Gasteiger partial charge < -0.3 is 14.6 Å². The van der Waals surface area contributed by atoms with E-state index >= 15 is 0 Å². The molecule has 0 aliphatic heterocycles. The molecule has 0 aliphatic rings. The monoisotopic (exact) mass is 236 g/mol. The number of nitrogens with one attached hydrogen (secondary N) is 1. The molecule has 0 atom stereocenters. The van der Waals surface area contributed by atoms with Gasteiger partial charge in [-0.3, -0.25) is 4.68 Å². The third kappa shape index (κ3) is 2.92. The summed E-state index contributed by atoms with van der Waals surface area (Å²) in [5, 5.41) is 11.2. The van der Waals surface area contributed by atoms with Crippen LogP contribution in [0, 0.1) is 0 Å². The normalized spacial score (nSPS) is 10.9. The topological polar surface area (TPSA) is 65.1 Å². The molecule has 92 valence electrons. The number of aryl methyl sites for hydroxylation is 1. The van der Waals surface area contributed by atoms with Crippen LogP contribution in [0.25, 0.3) is 11.3 Å². The Labute approximate surface area is 99.5 Å². The van der Waals surface area contributed by atoms with Crippen molar-refractivity contribution in [2.45, 2.75) is 6.54 Å². The molecule has 2 heterocycles. The molecule has 6 nitrogen and oxygen atoms in total. The maximum Gasteiger partial charge on any atom is 0.174 e. The molecule has 0 fully saturated rings. The highest BCUT2D eigenvalue weighted by Crippen LogP contribution is 2.22. The van der Waals surface area contributed by atoms with Crippen molar-refractivity contribution in [3.63, 3.8) is 0 Å². The van der Waals surface area contributed by atoms with Crippen molar-refractivity contribution in [1.29, 1.82) is 0 Å². The Balaban J connectivity index is 2.02. The summed E-state index contributed by atoms with van der Waals surface area (Å²) in [5.74, 6) is 0.767. The van der Waals surface area contributed by atoms with E-state index in [4.69, 9.17) is 9.26 Å². The lowest BCUT2D eigenvalue weighted by molar-refractivity contribution is 0.199. The van der Waals surface area contributed by atoms with E-state index in [1.54, 1.807) is 24.2 Å². The standard InChI is InChI=1S/C11H16N4O2/c1-15-8-10(6-13-15)11-9(7-14-17-11)5-12-3-4-16-2/h6-8,12H,3-5H2,1-2H3. The maximum absolute atomic E-state index is 5.25. The molecule has 0 saturated heterocycles. The van der Waals surface area contributed by atoms with E-state index in [0.29, 0.717) is 13.2 Å². The quantitative estimate of drug-likeness (QED) is 0.752. The number of ether oxygens (including phenoxy) is 1. The minimum Gasteiger partial charge on any atom is -0.383 e. The number of aromatic nitrogens is 3. The van der Waals surface area contributed by atoms with Crippen molar-refractivity contribution in [3.8, 4) is 11.3 Å². The van der Waals surface area contributed by atoms with Gasteiger partial charge >= 0.3 is 0 Å². The van der Waals surface area contributed by atoms with Gasteiger partial charge in [-0.1, -0.05) is 5.16 Å². The molecule has 1 N–H and O–H groups in total. The van der Waals surface area contributed by atoms with E-state index in [1.165, 1.54) is 0 Å². The molecule has 0 spiro atoms. The van der Waals surface area contributed by atoms with Crippen molar-refractivity contribution in [2.24, 2.45) is 7.05 Å². The number of methoxy groups -OCH3 is 1. The molecule has 2 aromatic rings. The molecule has 0 amide bonds. The summed E-state index contributed by atoms with van der Waals surface area (Å²) in [7, 11) is 3.55. The van der Waals surface area contributed by atoms with Gasteiger partial charge in [-0.25, -0.2) is 0 Å². The van der Waals surface area contributed by atoms with Gasteiger partial charge in [-0.2, -0.15) is 5.10 Å².